The number of hydrogen-bond acceptors (Lipinski definition) is 2. The molecule has 0 saturated carbocycles. The standard InChI is InChI=1S/C17H27NO/c1-6-7-8-18-15-11-17(4,5)19-16-13(3)9-12(2)10-14(15)16/h9-10,15,18H,6-8,11H2,1-5H3. The Morgan fingerprint density at radius 2 is 2.05 bits per heavy atom. The van der Waals surface area contributed by atoms with E-state index in [1.54, 1.807) is 0 Å². The van der Waals surface area contributed by atoms with Gasteiger partial charge in [0.2, 0.25) is 0 Å². The van der Waals surface area contributed by atoms with Crippen molar-refractivity contribution in [3.8, 4) is 5.75 Å². The molecule has 1 atom stereocenters. The maximum Gasteiger partial charge on any atom is 0.127 e. The molecule has 106 valence electrons. The molecule has 0 fully saturated rings. The van der Waals surface area contributed by atoms with Gasteiger partial charge in [0.15, 0.2) is 0 Å². The van der Waals surface area contributed by atoms with Gasteiger partial charge < -0.3 is 10.1 Å². The van der Waals surface area contributed by atoms with Crippen LogP contribution in [0.15, 0.2) is 12.1 Å². The second-order valence-corrected chi connectivity index (χ2v) is 6.43. The third-order valence-corrected chi connectivity index (χ3v) is 3.82. The summed E-state index contributed by atoms with van der Waals surface area (Å²) >= 11 is 0. The number of aryl methyl sites for hydroxylation is 2. The molecule has 0 bridgehead atoms. The first-order valence-corrected chi connectivity index (χ1v) is 7.46. The van der Waals surface area contributed by atoms with E-state index < -0.39 is 0 Å². The first-order chi connectivity index (χ1) is 8.93. The topological polar surface area (TPSA) is 21.3 Å². The van der Waals surface area contributed by atoms with E-state index in [0.717, 1.165) is 18.7 Å². The van der Waals surface area contributed by atoms with E-state index in [-0.39, 0.29) is 5.60 Å². The van der Waals surface area contributed by atoms with Gasteiger partial charge in [0, 0.05) is 18.0 Å². The summed E-state index contributed by atoms with van der Waals surface area (Å²) in [7, 11) is 0. The molecule has 1 aliphatic rings. The second-order valence-electron chi connectivity index (χ2n) is 6.43. The number of benzene rings is 1. The van der Waals surface area contributed by atoms with Crippen LogP contribution >= 0.6 is 0 Å². The van der Waals surface area contributed by atoms with Crippen LogP contribution in [0.3, 0.4) is 0 Å². The number of hydrogen-bond donors (Lipinski definition) is 1. The SMILES string of the molecule is CCCCNC1CC(C)(C)Oc2c(C)cc(C)cc21. The van der Waals surface area contributed by atoms with E-state index in [2.05, 4.69) is 52.1 Å². The number of unbranched alkanes of at least 4 members (excludes halogenated alkanes) is 1. The zero-order valence-corrected chi connectivity index (χ0v) is 13.0. The van der Waals surface area contributed by atoms with Gasteiger partial charge in [-0.25, -0.2) is 0 Å². The van der Waals surface area contributed by atoms with Crippen molar-refractivity contribution in [3.63, 3.8) is 0 Å². The molecule has 1 unspecified atom stereocenters. The van der Waals surface area contributed by atoms with Crippen LogP contribution in [0.1, 0.15) is 62.8 Å². The minimum atomic E-state index is -0.0864. The molecular formula is C17H27NO. The molecule has 0 radical (unpaired) electrons. The average molecular weight is 261 g/mol. The molecule has 2 nitrogen and oxygen atoms in total. The highest BCUT2D eigenvalue weighted by molar-refractivity contribution is 5.47. The summed E-state index contributed by atoms with van der Waals surface area (Å²) < 4.78 is 6.20. The Balaban J connectivity index is 2.30. The summed E-state index contributed by atoms with van der Waals surface area (Å²) in [5, 5.41) is 3.71. The Morgan fingerprint density at radius 1 is 1.32 bits per heavy atom. The molecule has 0 saturated heterocycles. The van der Waals surface area contributed by atoms with Crippen LogP contribution in [0, 0.1) is 13.8 Å². The van der Waals surface area contributed by atoms with Gasteiger partial charge in [-0.3, -0.25) is 0 Å². The Labute approximate surface area is 117 Å². The smallest absolute Gasteiger partial charge is 0.127 e. The maximum atomic E-state index is 6.20. The maximum absolute atomic E-state index is 6.20. The minimum Gasteiger partial charge on any atom is -0.487 e. The van der Waals surface area contributed by atoms with Crippen molar-refractivity contribution in [3.05, 3.63) is 28.8 Å². The Morgan fingerprint density at radius 3 is 2.74 bits per heavy atom. The minimum absolute atomic E-state index is 0.0864. The summed E-state index contributed by atoms with van der Waals surface area (Å²) in [5.41, 5.74) is 3.83. The fourth-order valence-electron chi connectivity index (χ4n) is 2.94. The molecule has 1 aromatic carbocycles. The largest absolute Gasteiger partial charge is 0.487 e. The number of fused-ring (bicyclic) bond motifs is 1. The summed E-state index contributed by atoms with van der Waals surface area (Å²) in [6.07, 6.45) is 3.50. The van der Waals surface area contributed by atoms with Gasteiger partial charge in [-0.2, -0.15) is 0 Å². The zero-order valence-electron chi connectivity index (χ0n) is 13.0. The van der Waals surface area contributed by atoms with E-state index in [1.165, 1.54) is 29.5 Å². The third-order valence-electron chi connectivity index (χ3n) is 3.82. The van der Waals surface area contributed by atoms with E-state index in [4.69, 9.17) is 4.74 Å². The van der Waals surface area contributed by atoms with Crippen molar-refractivity contribution in [1.82, 2.24) is 5.32 Å². The predicted molar refractivity (Wildman–Crippen MR) is 80.9 cm³/mol. The first kappa shape index (κ1) is 14.4. The molecular weight excluding hydrogens is 234 g/mol. The van der Waals surface area contributed by atoms with Crippen LogP contribution in [-0.4, -0.2) is 12.1 Å². The highest BCUT2D eigenvalue weighted by Crippen LogP contribution is 2.41. The molecule has 0 aromatic heterocycles. The second kappa shape index (κ2) is 5.54. The van der Waals surface area contributed by atoms with E-state index in [0.29, 0.717) is 6.04 Å². The number of nitrogens with one attached hydrogen (secondary N) is 1. The van der Waals surface area contributed by atoms with Gasteiger partial charge >= 0.3 is 0 Å². The fourth-order valence-corrected chi connectivity index (χ4v) is 2.94. The van der Waals surface area contributed by atoms with E-state index in [9.17, 15) is 0 Å². The van der Waals surface area contributed by atoms with Gasteiger partial charge in [0.1, 0.15) is 11.4 Å². The van der Waals surface area contributed by atoms with Crippen molar-refractivity contribution in [2.24, 2.45) is 0 Å². The molecule has 0 spiro atoms. The van der Waals surface area contributed by atoms with Crippen molar-refractivity contribution < 1.29 is 4.74 Å². The van der Waals surface area contributed by atoms with Crippen LogP contribution in [0.4, 0.5) is 0 Å². The monoisotopic (exact) mass is 261 g/mol. The van der Waals surface area contributed by atoms with Crippen molar-refractivity contribution in [2.45, 2.75) is 65.5 Å². The summed E-state index contributed by atoms with van der Waals surface area (Å²) in [4.78, 5) is 0. The third kappa shape index (κ3) is 3.30. The van der Waals surface area contributed by atoms with Crippen LogP contribution in [0.25, 0.3) is 0 Å². The lowest BCUT2D eigenvalue weighted by Crippen LogP contribution is -2.40. The summed E-state index contributed by atoms with van der Waals surface area (Å²) in [6.45, 7) is 12.0. The summed E-state index contributed by atoms with van der Waals surface area (Å²) in [6, 6.07) is 4.91. The average Bonchev–Trinajstić information content (AvgIpc) is 2.30. The molecule has 1 heterocycles. The Kier molecular flexibility index (Phi) is 4.19. The normalized spacial score (nSPS) is 20.8. The molecule has 0 aliphatic carbocycles. The number of ether oxygens (including phenoxy) is 1. The van der Waals surface area contributed by atoms with Crippen molar-refractivity contribution in [1.29, 1.82) is 0 Å². The van der Waals surface area contributed by atoms with Crippen LogP contribution in [0.2, 0.25) is 0 Å². The van der Waals surface area contributed by atoms with Crippen LogP contribution in [0.5, 0.6) is 5.75 Å². The highest BCUT2D eigenvalue weighted by atomic mass is 16.5. The predicted octanol–water partition coefficient (Wildman–Crippen LogP) is 4.30. The molecule has 19 heavy (non-hydrogen) atoms. The van der Waals surface area contributed by atoms with Gasteiger partial charge in [0.25, 0.3) is 0 Å². The molecule has 1 aliphatic heterocycles. The Hall–Kier alpha value is -1.02. The number of rotatable bonds is 4. The van der Waals surface area contributed by atoms with E-state index >= 15 is 0 Å². The van der Waals surface area contributed by atoms with Crippen LogP contribution in [-0.2, 0) is 0 Å². The lowest BCUT2D eigenvalue weighted by atomic mass is 9.87. The molecule has 2 heteroatoms. The van der Waals surface area contributed by atoms with Crippen molar-refractivity contribution >= 4 is 0 Å². The van der Waals surface area contributed by atoms with Crippen molar-refractivity contribution in [2.75, 3.05) is 6.54 Å². The van der Waals surface area contributed by atoms with Gasteiger partial charge in [-0.1, -0.05) is 31.0 Å². The molecule has 1 aromatic rings. The summed E-state index contributed by atoms with van der Waals surface area (Å²) in [5.74, 6) is 1.09. The lowest BCUT2D eigenvalue weighted by Gasteiger charge is -2.39. The van der Waals surface area contributed by atoms with Gasteiger partial charge in [-0.05, 0) is 46.2 Å². The molecule has 0 amide bonds. The fraction of sp³-hybridized carbons (Fsp3) is 0.647. The lowest BCUT2D eigenvalue weighted by molar-refractivity contribution is 0.0651. The van der Waals surface area contributed by atoms with Gasteiger partial charge in [-0.15, -0.1) is 0 Å². The quantitative estimate of drug-likeness (QED) is 0.816. The Bertz CT molecular complexity index is 451. The van der Waals surface area contributed by atoms with E-state index in [1.807, 2.05) is 0 Å². The first-order valence-electron chi connectivity index (χ1n) is 7.46. The molecule has 2 rings (SSSR count). The highest BCUT2D eigenvalue weighted by Gasteiger charge is 2.34. The molecule has 1 N–H and O–H groups in total. The van der Waals surface area contributed by atoms with Crippen LogP contribution < -0.4 is 10.1 Å². The zero-order chi connectivity index (χ0) is 14.0. The van der Waals surface area contributed by atoms with Gasteiger partial charge in [0.05, 0.1) is 0 Å².